The minimum absolute atomic E-state index is 0.734. The van der Waals surface area contributed by atoms with E-state index in [4.69, 9.17) is 4.74 Å². The molecule has 0 aliphatic carbocycles. The Labute approximate surface area is 107 Å². The summed E-state index contributed by atoms with van der Waals surface area (Å²) in [5, 5.41) is 4.36. The Morgan fingerprint density at radius 3 is 2.82 bits per heavy atom. The summed E-state index contributed by atoms with van der Waals surface area (Å²) in [5.41, 5.74) is 0. The fourth-order valence-corrected chi connectivity index (χ4v) is 2.26. The number of anilines is 1. The third-order valence-electron chi connectivity index (χ3n) is 2.24. The van der Waals surface area contributed by atoms with E-state index in [1.165, 1.54) is 0 Å². The van der Waals surface area contributed by atoms with Crippen LogP contribution in [0.5, 0.6) is 5.88 Å². The predicted octanol–water partition coefficient (Wildman–Crippen LogP) is 2.27. The Bertz CT molecular complexity index is 361. The first-order valence-corrected chi connectivity index (χ1v) is 6.53. The van der Waals surface area contributed by atoms with Gasteiger partial charge in [0.2, 0.25) is 5.88 Å². The molecule has 1 aromatic heterocycles. The van der Waals surface area contributed by atoms with E-state index >= 15 is 0 Å². The van der Waals surface area contributed by atoms with Crippen molar-refractivity contribution < 1.29 is 4.74 Å². The van der Waals surface area contributed by atoms with Crippen molar-refractivity contribution in [3.63, 3.8) is 0 Å². The van der Waals surface area contributed by atoms with Crippen molar-refractivity contribution >= 4 is 16.5 Å². The largest absolute Gasteiger partial charge is 0.480 e. The van der Waals surface area contributed by atoms with Crippen LogP contribution in [0.3, 0.4) is 0 Å². The molecule has 0 aliphatic heterocycles. The molecule has 0 saturated carbocycles. The summed E-state index contributed by atoms with van der Waals surface area (Å²) >= 11 is 1.67. The summed E-state index contributed by atoms with van der Waals surface area (Å²) in [6, 6.07) is 0. The van der Waals surface area contributed by atoms with E-state index in [1.807, 2.05) is 25.9 Å². The second-order valence-electron chi connectivity index (χ2n) is 3.86. The van der Waals surface area contributed by atoms with Crippen molar-refractivity contribution in [1.82, 2.24) is 10.3 Å². The smallest absolute Gasteiger partial charge is 0.230 e. The van der Waals surface area contributed by atoms with Crippen LogP contribution in [0.2, 0.25) is 0 Å². The molecular weight excluding hydrogens is 234 g/mol. The van der Waals surface area contributed by atoms with Crippen molar-refractivity contribution in [2.45, 2.75) is 19.9 Å². The molecule has 0 atom stereocenters. The van der Waals surface area contributed by atoms with Gasteiger partial charge in [0.1, 0.15) is 0 Å². The second kappa shape index (κ2) is 7.29. The molecule has 1 heterocycles. The highest BCUT2D eigenvalue weighted by molar-refractivity contribution is 7.15. The Hall–Kier alpha value is -1.07. The zero-order valence-electron chi connectivity index (χ0n) is 11.0. The van der Waals surface area contributed by atoms with Gasteiger partial charge in [-0.1, -0.05) is 23.5 Å². The summed E-state index contributed by atoms with van der Waals surface area (Å²) in [5.74, 6) is 0.734. The highest BCUT2D eigenvalue weighted by Crippen LogP contribution is 2.29. The van der Waals surface area contributed by atoms with E-state index in [9.17, 15) is 0 Å². The van der Waals surface area contributed by atoms with Gasteiger partial charge in [-0.05, 0) is 19.9 Å². The third kappa shape index (κ3) is 4.36. The fourth-order valence-electron chi connectivity index (χ4n) is 1.34. The molecule has 0 bridgehead atoms. The molecule has 0 unspecified atom stereocenters. The summed E-state index contributed by atoms with van der Waals surface area (Å²) < 4.78 is 5.27. The number of ether oxygens (including phenoxy) is 1. The van der Waals surface area contributed by atoms with E-state index in [1.54, 1.807) is 18.4 Å². The molecule has 1 aromatic rings. The van der Waals surface area contributed by atoms with Crippen molar-refractivity contribution in [3.05, 3.63) is 17.0 Å². The summed E-state index contributed by atoms with van der Waals surface area (Å²) in [6.45, 7) is 3.82. The minimum atomic E-state index is 0.734. The summed E-state index contributed by atoms with van der Waals surface area (Å²) in [7, 11) is 5.64. The zero-order chi connectivity index (χ0) is 12.7. The monoisotopic (exact) mass is 255 g/mol. The Kier molecular flexibility index (Phi) is 6.00. The molecule has 5 heteroatoms. The van der Waals surface area contributed by atoms with E-state index < -0.39 is 0 Å². The van der Waals surface area contributed by atoms with Gasteiger partial charge in [-0.25, -0.2) is 0 Å². The number of hydrogen-bond acceptors (Lipinski definition) is 5. The molecule has 0 amide bonds. The standard InChI is InChI=1S/C12H21N3OS/c1-5-6-7-8-13-9-10-11(16-4)14-12(17-10)15(2)3/h5-6,13H,7-9H2,1-4H3/b6-5+. The Morgan fingerprint density at radius 1 is 1.47 bits per heavy atom. The topological polar surface area (TPSA) is 37.4 Å². The van der Waals surface area contributed by atoms with Gasteiger partial charge >= 0.3 is 0 Å². The van der Waals surface area contributed by atoms with Gasteiger partial charge < -0.3 is 15.0 Å². The highest BCUT2D eigenvalue weighted by Gasteiger charge is 2.12. The molecule has 0 aromatic carbocycles. The van der Waals surface area contributed by atoms with Crippen LogP contribution in [0.15, 0.2) is 12.2 Å². The molecule has 96 valence electrons. The Morgan fingerprint density at radius 2 is 2.24 bits per heavy atom. The number of aromatic nitrogens is 1. The number of thiazole rings is 1. The van der Waals surface area contributed by atoms with Crippen LogP contribution >= 0.6 is 11.3 Å². The van der Waals surface area contributed by atoms with Gasteiger partial charge in [0, 0.05) is 20.6 Å². The van der Waals surface area contributed by atoms with E-state index in [0.29, 0.717) is 0 Å². The molecule has 1 rings (SSSR count). The van der Waals surface area contributed by atoms with E-state index in [0.717, 1.165) is 35.4 Å². The molecule has 0 spiro atoms. The Balaban J connectivity index is 2.51. The van der Waals surface area contributed by atoms with Crippen LogP contribution in [0.1, 0.15) is 18.2 Å². The highest BCUT2D eigenvalue weighted by atomic mass is 32.1. The van der Waals surface area contributed by atoms with E-state index in [-0.39, 0.29) is 0 Å². The number of methoxy groups -OCH3 is 1. The normalized spacial score (nSPS) is 11.1. The number of nitrogens with one attached hydrogen (secondary N) is 1. The van der Waals surface area contributed by atoms with Crippen LogP contribution in [0.4, 0.5) is 5.13 Å². The number of rotatable bonds is 7. The summed E-state index contributed by atoms with van der Waals surface area (Å²) in [6.07, 6.45) is 5.28. The van der Waals surface area contributed by atoms with Gasteiger partial charge in [-0.2, -0.15) is 4.98 Å². The molecular formula is C12H21N3OS. The number of nitrogens with zero attached hydrogens (tertiary/aromatic N) is 2. The van der Waals surface area contributed by atoms with Crippen molar-refractivity contribution in [2.24, 2.45) is 0 Å². The van der Waals surface area contributed by atoms with Crippen LogP contribution in [0, 0.1) is 0 Å². The molecule has 0 radical (unpaired) electrons. The third-order valence-corrected chi connectivity index (χ3v) is 3.44. The van der Waals surface area contributed by atoms with Gasteiger partial charge in [0.05, 0.1) is 12.0 Å². The SMILES string of the molecule is C/C=C/CCNCc1sc(N(C)C)nc1OC. The van der Waals surface area contributed by atoms with Crippen LogP contribution in [-0.4, -0.2) is 32.7 Å². The summed E-state index contributed by atoms with van der Waals surface area (Å²) in [4.78, 5) is 7.56. The minimum Gasteiger partial charge on any atom is -0.480 e. The maximum absolute atomic E-state index is 5.27. The van der Waals surface area contributed by atoms with Gasteiger partial charge in [0.15, 0.2) is 5.13 Å². The number of allylic oxidation sites excluding steroid dienone is 1. The first kappa shape index (κ1) is 14.0. The molecule has 4 nitrogen and oxygen atoms in total. The van der Waals surface area contributed by atoms with Gasteiger partial charge in [-0.15, -0.1) is 0 Å². The fraction of sp³-hybridized carbons (Fsp3) is 0.583. The lowest BCUT2D eigenvalue weighted by Gasteiger charge is -2.04. The van der Waals surface area contributed by atoms with Gasteiger partial charge in [0.25, 0.3) is 0 Å². The van der Waals surface area contributed by atoms with Gasteiger partial charge in [-0.3, -0.25) is 0 Å². The average molecular weight is 255 g/mol. The van der Waals surface area contributed by atoms with Crippen molar-refractivity contribution in [2.75, 3.05) is 32.6 Å². The van der Waals surface area contributed by atoms with Crippen molar-refractivity contribution in [3.8, 4) is 5.88 Å². The lowest BCUT2D eigenvalue weighted by atomic mass is 10.4. The van der Waals surface area contributed by atoms with Crippen molar-refractivity contribution in [1.29, 1.82) is 0 Å². The molecule has 0 fully saturated rings. The molecule has 0 aliphatic rings. The molecule has 1 N–H and O–H groups in total. The predicted molar refractivity (Wildman–Crippen MR) is 74.1 cm³/mol. The molecule has 17 heavy (non-hydrogen) atoms. The first-order chi connectivity index (χ1) is 8.19. The lowest BCUT2D eigenvalue weighted by Crippen LogP contribution is -2.13. The van der Waals surface area contributed by atoms with Crippen LogP contribution in [0.25, 0.3) is 0 Å². The quantitative estimate of drug-likeness (QED) is 0.599. The van der Waals surface area contributed by atoms with E-state index in [2.05, 4.69) is 22.5 Å². The maximum atomic E-state index is 5.27. The lowest BCUT2D eigenvalue weighted by molar-refractivity contribution is 0.395. The maximum Gasteiger partial charge on any atom is 0.230 e. The molecule has 0 saturated heterocycles. The number of hydrogen-bond donors (Lipinski definition) is 1. The zero-order valence-corrected chi connectivity index (χ0v) is 11.8. The van der Waals surface area contributed by atoms with Crippen LogP contribution in [-0.2, 0) is 6.54 Å². The average Bonchev–Trinajstić information content (AvgIpc) is 2.72. The first-order valence-electron chi connectivity index (χ1n) is 5.72. The second-order valence-corrected chi connectivity index (χ2v) is 4.92. The van der Waals surface area contributed by atoms with Crippen LogP contribution < -0.4 is 15.0 Å².